The van der Waals surface area contributed by atoms with Gasteiger partial charge in [-0.05, 0) is 31.9 Å². The molecule has 8 heteroatoms. The van der Waals surface area contributed by atoms with Crippen molar-refractivity contribution in [2.45, 2.75) is 19.8 Å². The number of anilines is 1. The summed E-state index contributed by atoms with van der Waals surface area (Å²) >= 11 is 1.26. The Labute approximate surface area is 153 Å². The van der Waals surface area contributed by atoms with Crippen molar-refractivity contribution >= 4 is 34.2 Å². The van der Waals surface area contributed by atoms with Gasteiger partial charge in [0.2, 0.25) is 17.7 Å². The summed E-state index contributed by atoms with van der Waals surface area (Å²) in [6.45, 7) is 1.56. The molecule has 3 heterocycles. The third-order valence-electron chi connectivity index (χ3n) is 4.64. The lowest BCUT2D eigenvalue weighted by Crippen LogP contribution is -2.38. The molecule has 0 unspecified atom stereocenters. The van der Waals surface area contributed by atoms with Crippen LogP contribution in [0.2, 0.25) is 0 Å². The first kappa shape index (κ1) is 16.7. The number of hydrogen-bond donors (Lipinski definition) is 1. The zero-order valence-corrected chi connectivity index (χ0v) is 14.9. The molecule has 0 saturated carbocycles. The molecule has 26 heavy (non-hydrogen) atoms. The van der Waals surface area contributed by atoms with Gasteiger partial charge in [-0.3, -0.25) is 19.3 Å². The number of aryl methyl sites for hydroxylation is 1. The number of aromatic nitrogens is 1. The molecule has 1 aliphatic heterocycles. The Bertz CT molecular complexity index is 887. The van der Waals surface area contributed by atoms with Crippen LogP contribution in [0.5, 0.6) is 0 Å². The molecular weight excluding hydrogens is 354 g/mol. The molecule has 3 amide bonds. The van der Waals surface area contributed by atoms with E-state index in [1.807, 2.05) is 31.2 Å². The van der Waals surface area contributed by atoms with Crippen molar-refractivity contribution in [2.24, 2.45) is 11.8 Å². The summed E-state index contributed by atoms with van der Waals surface area (Å²) in [4.78, 5) is 42.5. The zero-order valence-electron chi connectivity index (χ0n) is 14.1. The highest BCUT2D eigenvalue weighted by Gasteiger charge is 2.47. The fourth-order valence-corrected chi connectivity index (χ4v) is 4.06. The van der Waals surface area contributed by atoms with Gasteiger partial charge in [-0.25, -0.2) is 4.98 Å². The largest absolute Gasteiger partial charge is 0.460 e. The number of allylic oxidation sites excluding steroid dienone is 2. The minimum atomic E-state index is -0.435. The van der Waals surface area contributed by atoms with E-state index in [0.29, 0.717) is 29.4 Å². The molecule has 0 spiro atoms. The van der Waals surface area contributed by atoms with E-state index in [4.69, 9.17) is 4.42 Å². The van der Waals surface area contributed by atoms with Crippen molar-refractivity contribution in [3.05, 3.63) is 35.4 Å². The first-order valence-electron chi connectivity index (χ1n) is 8.35. The number of hydrogen-bond acceptors (Lipinski definition) is 6. The number of amides is 3. The third kappa shape index (κ3) is 2.96. The zero-order chi connectivity index (χ0) is 18.3. The SMILES string of the molecule is Cc1ccc(-c2csc(NC(=O)CN3C(=O)[C@H]4CC=CC[C@H]4C3=O)n2)o1. The van der Waals surface area contributed by atoms with E-state index in [1.165, 1.54) is 11.3 Å². The highest BCUT2D eigenvalue weighted by Crippen LogP contribution is 2.35. The summed E-state index contributed by atoms with van der Waals surface area (Å²) in [7, 11) is 0. The fraction of sp³-hybridized carbons (Fsp3) is 0.333. The highest BCUT2D eigenvalue weighted by atomic mass is 32.1. The Morgan fingerprint density at radius 1 is 1.27 bits per heavy atom. The van der Waals surface area contributed by atoms with E-state index in [2.05, 4.69) is 10.3 Å². The van der Waals surface area contributed by atoms with Crippen molar-refractivity contribution in [1.82, 2.24) is 9.88 Å². The third-order valence-corrected chi connectivity index (χ3v) is 5.40. The second-order valence-electron chi connectivity index (χ2n) is 6.41. The normalized spacial score (nSPS) is 22.0. The van der Waals surface area contributed by atoms with Crippen LogP contribution in [-0.2, 0) is 14.4 Å². The van der Waals surface area contributed by atoms with Gasteiger partial charge in [0.25, 0.3) is 0 Å². The van der Waals surface area contributed by atoms with E-state index < -0.39 is 5.91 Å². The maximum Gasteiger partial charge on any atom is 0.246 e. The van der Waals surface area contributed by atoms with Crippen LogP contribution >= 0.6 is 11.3 Å². The number of thiazole rings is 1. The Morgan fingerprint density at radius 3 is 2.58 bits per heavy atom. The molecule has 2 atom stereocenters. The molecule has 1 N–H and O–H groups in total. The summed E-state index contributed by atoms with van der Waals surface area (Å²) in [5, 5.41) is 4.83. The first-order chi connectivity index (χ1) is 12.5. The number of furan rings is 1. The van der Waals surface area contributed by atoms with E-state index >= 15 is 0 Å². The van der Waals surface area contributed by atoms with E-state index in [1.54, 1.807) is 5.38 Å². The topological polar surface area (TPSA) is 92.5 Å². The molecule has 7 nitrogen and oxygen atoms in total. The van der Waals surface area contributed by atoms with Crippen LogP contribution in [0.25, 0.3) is 11.5 Å². The molecule has 4 rings (SSSR count). The van der Waals surface area contributed by atoms with Crippen molar-refractivity contribution < 1.29 is 18.8 Å². The number of imide groups is 1. The second-order valence-corrected chi connectivity index (χ2v) is 7.27. The average Bonchev–Trinajstić information content (AvgIpc) is 3.32. The molecule has 2 aromatic rings. The minimum absolute atomic E-state index is 0.259. The van der Waals surface area contributed by atoms with E-state index in [9.17, 15) is 14.4 Å². The standard InChI is InChI=1S/C18H17N3O4S/c1-10-6-7-14(25-10)13-9-26-18(19-13)20-15(22)8-21-16(23)11-4-2-3-5-12(11)17(21)24/h2-3,6-7,9,11-12H,4-5,8H2,1H3,(H,19,20,22)/t11-,12+. The highest BCUT2D eigenvalue weighted by molar-refractivity contribution is 7.14. The summed E-state index contributed by atoms with van der Waals surface area (Å²) in [6.07, 6.45) is 4.96. The maximum absolute atomic E-state index is 12.4. The monoisotopic (exact) mass is 371 g/mol. The molecule has 0 radical (unpaired) electrons. The Morgan fingerprint density at radius 2 is 1.96 bits per heavy atom. The lowest BCUT2D eigenvalue weighted by atomic mass is 9.85. The fourth-order valence-electron chi connectivity index (χ4n) is 3.34. The average molecular weight is 371 g/mol. The predicted octanol–water partition coefficient (Wildman–Crippen LogP) is 2.60. The van der Waals surface area contributed by atoms with Crippen molar-refractivity contribution in [3.63, 3.8) is 0 Å². The Kier molecular flexibility index (Phi) is 4.20. The van der Waals surface area contributed by atoms with Gasteiger partial charge in [0.1, 0.15) is 18.0 Å². The van der Waals surface area contributed by atoms with Gasteiger partial charge in [-0.1, -0.05) is 12.2 Å². The molecule has 1 saturated heterocycles. The second kappa shape index (κ2) is 6.53. The van der Waals surface area contributed by atoms with Gasteiger partial charge >= 0.3 is 0 Å². The van der Waals surface area contributed by atoms with Crippen LogP contribution in [0, 0.1) is 18.8 Å². The quantitative estimate of drug-likeness (QED) is 0.659. The molecule has 1 fully saturated rings. The van der Waals surface area contributed by atoms with Crippen LogP contribution in [0.15, 0.2) is 34.1 Å². The molecular formula is C18H17N3O4S. The molecule has 134 valence electrons. The van der Waals surface area contributed by atoms with Crippen molar-refractivity contribution in [3.8, 4) is 11.5 Å². The van der Waals surface area contributed by atoms with Gasteiger partial charge < -0.3 is 9.73 Å². The lowest BCUT2D eigenvalue weighted by molar-refractivity contribution is -0.142. The predicted molar refractivity (Wildman–Crippen MR) is 95.3 cm³/mol. The lowest BCUT2D eigenvalue weighted by Gasteiger charge is -2.14. The van der Waals surface area contributed by atoms with Gasteiger partial charge in [0, 0.05) is 5.38 Å². The summed E-state index contributed by atoms with van der Waals surface area (Å²) in [5.74, 6) is -0.199. The smallest absolute Gasteiger partial charge is 0.246 e. The Hall–Kier alpha value is -2.74. The van der Waals surface area contributed by atoms with Gasteiger partial charge in [-0.15, -0.1) is 11.3 Å². The van der Waals surface area contributed by atoms with Gasteiger partial charge in [0.05, 0.1) is 11.8 Å². The number of carbonyl (C=O) groups excluding carboxylic acids is 3. The van der Waals surface area contributed by atoms with Gasteiger partial charge in [0.15, 0.2) is 10.9 Å². The number of nitrogens with zero attached hydrogens (tertiary/aromatic N) is 2. The van der Waals surface area contributed by atoms with E-state index in [0.717, 1.165) is 10.7 Å². The molecule has 2 aliphatic rings. The van der Waals surface area contributed by atoms with Crippen LogP contribution in [0.3, 0.4) is 0 Å². The van der Waals surface area contributed by atoms with Crippen molar-refractivity contribution in [1.29, 1.82) is 0 Å². The number of fused-ring (bicyclic) bond motifs is 1. The van der Waals surface area contributed by atoms with Crippen LogP contribution in [0.4, 0.5) is 5.13 Å². The number of nitrogens with one attached hydrogen (secondary N) is 1. The minimum Gasteiger partial charge on any atom is -0.460 e. The number of rotatable bonds is 4. The van der Waals surface area contributed by atoms with E-state index in [-0.39, 0.29) is 30.2 Å². The summed E-state index contributed by atoms with van der Waals surface area (Å²) in [6, 6.07) is 3.65. The van der Waals surface area contributed by atoms with Crippen LogP contribution in [-0.4, -0.2) is 34.2 Å². The molecule has 0 aromatic carbocycles. The molecule has 0 bridgehead atoms. The number of likely N-dealkylation sites (tertiary alicyclic amines) is 1. The first-order valence-corrected chi connectivity index (χ1v) is 9.23. The molecule has 2 aromatic heterocycles. The Balaban J connectivity index is 1.41. The number of carbonyl (C=O) groups is 3. The van der Waals surface area contributed by atoms with Crippen LogP contribution in [0.1, 0.15) is 18.6 Å². The summed E-state index contributed by atoms with van der Waals surface area (Å²) < 4.78 is 5.51. The summed E-state index contributed by atoms with van der Waals surface area (Å²) in [5.41, 5.74) is 0.629. The van der Waals surface area contributed by atoms with Crippen LogP contribution < -0.4 is 5.32 Å². The van der Waals surface area contributed by atoms with Gasteiger partial charge in [-0.2, -0.15) is 0 Å². The van der Waals surface area contributed by atoms with Crippen molar-refractivity contribution in [2.75, 3.05) is 11.9 Å². The molecule has 1 aliphatic carbocycles. The maximum atomic E-state index is 12.4.